The molecule has 0 radical (unpaired) electrons. The number of rotatable bonds is 7. The largest absolute Gasteiger partial charge is 0.395 e. The third kappa shape index (κ3) is 4.86. The molecule has 0 aliphatic rings. The average molecular weight is 375 g/mol. The van der Waals surface area contributed by atoms with Gasteiger partial charge in [-0.05, 0) is 55.8 Å². The number of hydrogen-bond donors (Lipinski definition) is 0. The van der Waals surface area contributed by atoms with Gasteiger partial charge in [-0.15, -0.1) is 0 Å². The summed E-state index contributed by atoms with van der Waals surface area (Å²) >= 11 is 1.66. The Labute approximate surface area is 164 Å². The Hall–Kier alpha value is -2.85. The van der Waals surface area contributed by atoms with Gasteiger partial charge in [-0.3, -0.25) is 4.79 Å². The van der Waals surface area contributed by atoms with Gasteiger partial charge in [0.2, 0.25) is 5.78 Å². The van der Waals surface area contributed by atoms with E-state index in [1.807, 2.05) is 80.6 Å². The highest BCUT2D eigenvalue weighted by molar-refractivity contribution is 7.99. The van der Waals surface area contributed by atoms with Crippen molar-refractivity contribution < 1.29 is 9.63 Å². The van der Waals surface area contributed by atoms with E-state index in [9.17, 15) is 4.79 Å². The molecule has 0 amide bonds. The van der Waals surface area contributed by atoms with Crippen LogP contribution >= 0.6 is 11.8 Å². The molecule has 0 fully saturated rings. The van der Waals surface area contributed by atoms with Crippen molar-refractivity contribution >= 4 is 23.3 Å². The highest BCUT2D eigenvalue weighted by Crippen LogP contribution is 2.27. The summed E-state index contributed by atoms with van der Waals surface area (Å²) in [5, 5.41) is 4.10. The van der Waals surface area contributed by atoms with Crippen LogP contribution in [0.25, 0.3) is 0 Å². The van der Waals surface area contributed by atoms with Crippen LogP contribution in [-0.2, 0) is 4.84 Å². The lowest BCUT2D eigenvalue weighted by molar-refractivity contribution is 0.105. The lowest BCUT2D eigenvalue weighted by Gasteiger charge is -2.09. The standard InChI is InChI=1S/C23H21NO2S/c1-3-26-24-22(21-12-8-7-9-17(21)2)23(25)18-13-15-20(16-14-18)27-19-10-5-4-6-11-19/h4-16H,3H2,1-2H3/b24-22+. The number of aryl methyl sites for hydroxylation is 1. The number of ketones is 1. The van der Waals surface area contributed by atoms with Gasteiger partial charge in [0, 0.05) is 20.9 Å². The molecule has 3 nitrogen and oxygen atoms in total. The first kappa shape index (κ1) is 18.9. The van der Waals surface area contributed by atoms with Crippen LogP contribution < -0.4 is 0 Å². The van der Waals surface area contributed by atoms with Crippen LogP contribution in [0.4, 0.5) is 0 Å². The van der Waals surface area contributed by atoms with E-state index in [1.54, 1.807) is 11.8 Å². The Bertz CT molecular complexity index is 934. The van der Waals surface area contributed by atoms with Crippen molar-refractivity contribution in [3.8, 4) is 0 Å². The first-order valence-electron chi connectivity index (χ1n) is 8.82. The Balaban J connectivity index is 1.85. The second-order valence-electron chi connectivity index (χ2n) is 5.94. The number of oxime groups is 1. The highest BCUT2D eigenvalue weighted by Gasteiger charge is 2.19. The molecule has 3 aromatic rings. The molecule has 0 atom stereocenters. The minimum absolute atomic E-state index is 0.144. The van der Waals surface area contributed by atoms with E-state index in [-0.39, 0.29) is 5.78 Å². The summed E-state index contributed by atoms with van der Waals surface area (Å²) in [4.78, 5) is 20.5. The maximum absolute atomic E-state index is 13.1. The zero-order chi connectivity index (χ0) is 19.1. The normalized spacial score (nSPS) is 11.3. The van der Waals surface area contributed by atoms with Crippen molar-refractivity contribution in [1.29, 1.82) is 0 Å². The number of nitrogens with zero attached hydrogens (tertiary/aromatic N) is 1. The van der Waals surface area contributed by atoms with Crippen molar-refractivity contribution in [2.45, 2.75) is 23.6 Å². The van der Waals surface area contributed by atoms with Crippen LogP contribution in [0, 0.1) is 6.92 Å². The number of hydrogen-bond acceptors (Lipinski definition) is 4. The molecule has 3 rings (SSSR count). The fourth-order valence-corrected chi connectivity index (χ4v) is 3.45. The summed E-state index contributed by atoms with van der Waals surface area (Å²) in [6.07, 6.45) is 0. The van der Waals surface area contributed by atoms with Gasteiger partial charge in [0.15, 0.2) is 5.71 Å². The maximum Gasteiger partial charge on any atom is 0.215 e. The van der Waals surface area contributed by atoms with E-state index in [1.165, 1.54) is 0 Å². The fraction of sp³-hybridized carbons (Fsp3) is 0.130. The molecule has 0 aliphatic heterocycles. The molecular weight excluding hydrogens is 354 g/mol. The molecule has 0 aromatic heterocycles. The Kier molecular flexibility index (Phi) is 6.44. The van der Waals surface area contributed by atoms with Gasteiger partial charge in [0.25, 0.3) is 0 Å². The van der Waals surface area contributed by atoms with E-state index in [2.05, 4.69) is 17.3 Å². The summed E-state index contributed by atoms with van der Waals surface area (Å²) in [6, 6.07) is 25.4. The zero-order valence-electron chi connectivity index (χ0n) is 15.4. The van der Waals surface area contributed by atoms with Crippen molar-refractivity contribution in [3.63, 3.8) is 0 Å². The van der Waals surface area contributed by atoms with Gasteiger partial charge < -0.3 is 4.84 Å². The van der Waals surface area contributed by atoms with Gasteiger partial charge in [0.1, 0.15) is 6.61 Å². The summed E-state index contributed by atoms with van der Waals surface area (Å²) in [5.41, 5.74) is 2.70. The molecule has 0 unspecified atom stereocenters. The molecule has 0 saturated carbocycles. The maximum atomic E-state index is 13.1. The highest BCUT2D eigenvalue weighted by atomic mass is 32.2. The van der Waals surface area contributed by atoms with E-state index < -0.39 is 0 Å². The Morgan fingerprint density at radius 1 is 0.889 bits per heavy atom. The van der Waals surface area contributed by atoms with Gasteiger partial charge in [0.05, 0.1) is 0 Å². The summed E-state index contributed by atoms with van der Waals surface area (Å²) in [7, 11) is 0. The van der Waals surface area contributed by atoms with E-state index >= 15 is 0 Å². The van der Waals surface area contributed by atoms with Crippen molar-refractivity contribution in [1.82, 2.24) is 0 Å². The second kappa shape index (κ2) is 9.19. The van der Waals surface area contributed by atoms with Crippen molar-refractivity contribution in [2.24, 2.45) is 5.16 Å². The van der Waals surface area contributed by atoms with E-state index in [0.717, 1.165) is 20.9 Å². The van der Waals surface area contributed by atoms with Crippen LogP contribution in [0.5, 0.6) is 0 Å². The monoisotopic (exact) mass is 375 g/mol. The van der Waals surface area contributed by atoms with Gasteiger partial charge >= 0.3 is 0 Å². The average Bonchev–Trinajstić information content (AvgIpc) is 2.70. The summed E-state index contributed by atoms with van der Waals surface area (Å²) in [6.45, 7) is 4.22. The quantitative estimate of drug-likeness (QED) is 0.299. The third-order valence-electron chi connectivity index (χ3n) is 4.00. The SMILES string of the molecule is CCO/N=C(/C(=O)c1ccc(Sc2ccccc2)cc1)c1ccccc1C. The number of carbonyl (C=O) groups excluding carboxylic acids is 1. The van der Waals surface area contributed by atoms with E-state index in [4.69, 9.17) is 4.84 Å². The lowest BCUT2D eigenvalue weighted by atomic mass is 9.97. The molecule has 0 N–H and O–H groups in total. The van der Waals surface area contributed by atoms with Crippen LogP contribution in [0.2, 0.25) is 0 Å². The van der Waals surface area contributed by atoms with Gasteiger partial charge in [-0.2, -0.15) is 0 Å². The molecule has 0 saturated heterocycles. The molecule has 0 bridgehead atoms. The Morgan fingerprint density at radius 3 is 2.19 bits per heavy atom. The van der Waals surface area contributed by atoms with Crippen molar-refractivity contribution in [3.05, 3.63) is 95.6 Å². The molecule has 0 heterocycles. The fourth-order valence-electron chi connectivity index (χ4n) is 2.62. The first-order chi connectivity index (χ1) is 13.2. The van der Waals surface area contributed by atoms with Gasteiger partial charge in [-0.1, -0.05) is 59.4 Å². The summed E-state index contributed by atoms with van der Waals surface area (Å²) in [5.74, 6) is -0.144. The minimum atomic E-state index is -0.144. The van der Waals surface area contributed by atoms with Crippen molar-refractivity contribution in [2.75, 3.05) is 6.61 Å². The molecule has 136 valence electrons. The Morgan fingerprint density at radius 2 is 1.52 bits per heavy atom. The predicted molar refractivity (Wildman–Crippen MR) is 111 cm³/mol. The molecule has 27 heavy (non-hydrogen) atoms. The van der Waals surface area contributed by atoms with Crippen LogP contribution in [0.1, 0.15) is 28.4 Å². The third-order valence-corrected chi connectivity index (χ3v) is 5.01. The zero-order valence-corrected chi connectivity index (χ0v) is 16.2. The number of benzene rings is 3. The van der Waals surface area contributed by atoms with E-state index in [0.29, 0.717) is 17.9 Å². The predicted octanol–water partition coefficient (Wildman–Crippen LogP) is 5.77. The van der Waals surface area contributed by atoms with Crippen LogP contribution in [0.3, 0.4) is 0 Å². The van der Waals surface area contributed by atoms with Gasteiger partial charge in [-0.25, -0.2) is 0 Å². The molecule has 3 aromatic carbocycles. The van der Waals surface area contributed by atoms with Crippen LogP contribution in [-0.4, -0.2) is 18.1 Å². The molecule has 4 heteroatoms. The second-order valence-corrected chi connectivity index (χ2v) is 7.09. The van der Waals surface area contributed by atoms with Crippen LogP contribution in [0.15, 0.2) is 93.8 Å². The lowest BCUT2D eigenvalue weighted by Crippen LogP contribution is -2.17. The number of carbonyl (C=O) groups is 1. The topological polar surface area (TPSA) is 38.7 Å². The molecule has 0 spiro atoms. The molecule has 0 aliphatic carbocycles. The molecular formula is C23H21NO2S. The minimum Gasteiger partial charge on any atom is -0.395 e. The number of Topliss-reactive ketones (excluding diaryl/α,β-unsaturated/α-hetero) is 1. The smallest absolute Gasteiger partial charge is 0.215 e. The first-order valence-corrected chi connectivity index (χ1v) is 9.64. The summed E-state index contributed by atoms with van der Waals surface area (Å²) < 4.78 is 0.